The normalized spacial score (nSPS) is 11.1. The zero-order valence-electron chi connectivity index (χ0n) is 11.8. The van der Waals surface area contributed by atoms with Gasteiger partial charge in [-0.1, -0.05) is 17.7 Å². The van der Waals surface area contributed by atoms with Crippen molar-refractivity contribution < 1.29 is 4.74 Å². The van der Waals surface area contributed by atoms with Gasteiger partial charge in [0.15, 0.2) is 0 Å². The molecule has 0 bridgehead atoms. The molecule has 2 N–H and O–H groups in total. The van der Waals surface area contributed by atoms with Gasteiger partial charge in [0.05, 0.1) is 25.0 Å². The minimum Gasteiger partial charge on any atom is -0.383 e. The highest BCUT2D eigenvalue weighted by Gasteiger charge is 2.05. The van der Waals surface area contributed by atoms with Crippen LogP contribution in [0.2, 0.25) is 5.02 Å². The molecule has 0 radical (unpaired) electrons. The van der Waals surface area contributed by atoms with Crippen LogP contribution in [-0.2, 0) is 17.8 Å². The van der Waals surface area contributed by atoms with Crippen LogP contribution in [-0.4, -0.2) is 28.5 Å². The fourth-order valence-electron chi connectivity index (χ4n) is 2.26. The lowest BCUT2D eigenvalue weighted by Crippen LogP contribution is -2.04. The number of rotatable bonds is 6. The summed E-state index contributed by atoms with van der Waals surface area (Å²) in [7, 11) is 1.69. The maximum absolute atomic E-state index is 5.99. The van der Waals surface area contributed by atoms with E-state index < -0.39 is 0 Å². The molecule has 0 spiro atoms. The molecule has 2 heterocycles. The Bertz CT molecular complexity index is 734. The summed E-state index contributed by atoms with van der Waals surface area (Å²) < 4.78 is 6.90. The molecule has 110 valence electrons. The molecular weight excluding hydrogens is 288 g/mol. The first-order chi connectivity index (χ1) is 10.3. The Balaban J connectivity index is 1.67. The third-order valence-electron chi connectivity index (χ3n) is 3.37. The standard InChI is InChI=1S/C15H17ClN4O/c1-21-5-4-20-10-13(9-19-20)17-7-11-8-18-15-6-12(16)2-3-14(11)15/h2-3,6,8-10,17-18H,4-5,7H2,1H3. The SMILES string of the molecule is COCCn1cc(NCc2c[nH]c3cc(Cl)ccc23)cn1. The van der Waals surface area contributed by atoms with E-state index in [1.54, 1.807) is 7.11 Å². The summed E-state index contributed by atoms with van der Waals surface area (Å²) in [5.74, 6) is 0. The fraction of sp³-hybridized carbons (Fsp3) is 0.267. The van der Waals surface area contributed by atoms with E-state index in [2.05, 4.69) is 15.4 Å². The summed E-state index contributed by atoms with van der Waals surface area (Å²) >= 11 is 5.99. The lowest BCUT2D eigenvalue weighted by molar-refractivity contribution is 0.183. The number of nitrogens with zero attached hydrogens (tertiary/aromatic N) is 2. The quantitative estimate of drug-likeness (QED) is 0.735. The number of hydrogen-bond donors (Lipinski definition) is 2. The first-order valence-electron chi connectivity index (χ1n) is 6.77. The van der Waals surface area contributed by atoms with Gasteiger partial charge in [-0.15, -0.1) is 0 Å². The molecule has 2 aromatic heterocycles. The fourth-order valence-corrected chi connectivity index (χ4v) is 2.44. The molecule has 1 aromatic carbocycles. The smallest absolute Gasteiger partial charge is 0.0729 e. The summed E-state index contributed by atoms with van der Waals surface area (Å²) in [6.45, 7) is 2.14. The summed E-state index contributed by atoms with van der Waals surface area (Å²) in [5.41, 5.74) is 3.25. The van der Waals surface area contributed by atoms with Gasteiger partial charge in [-0.05, 0) is 17.7 Å². The number of aromatic nitrogens is 3. The number of halogens is 1. The largest absolute Gasteiger partial charge is 0.383 e. The molecule has 0 aliphatic heterocycles. The van der Waals surface area contributed by atoms with Crippen LogP contribution in [0.15, 0.2) is 36.8 Å². The van der Waals surface area contributed by atoms with Gasteiger partial charge in [-0.2, -0.15) is 5.10 Å². The lowest BCUT2D eigenvalue weighted by Gasteiger charge is -2.02. The Kier molecular flexibility index (Phi) is 4.13. The number of nitrogens with one attached hydrogen (secondary N) is 2. The van der Waals surface area contributed by atoms with Crippen molar-refractivity contribution >= 4 is 28.2 Å². The predicted octanol–water partition coefficient (Wildman–Crippen LogP) is 3.28. The molecule has 0 saturated heterocycles. The first-order valence-corrected chi connectivity index (χ1v) is 7.15. The van der Waals surface area contributed by atoms with Gasteiger partial charge < -0.3 is 15.0 Å². The maximum Gasteiger partial charge on any atom is 0.0729 e. The minimum absolute atomic E-state index is 0.657. The van der Waals surface area contributed by atoms with E-state index in [9.17, 15) is 0 Å². The van der Waals surface area contributed by atoms with E-state index in [0.717, 1.165) is 29.3 Å². The van der Waals surface area contributed by atoms with Crippen molar-refractivity contribution in [3.05, 3.63) is 47.4 Å². The molecule has 0 amide bonds. The van der Waals surface area contributed by atoms with E-state index in [0.29, 0.717) is 6.61 Å². The van der Waals surface area contributed by atoms with Crippen LogP contribution < -0.4 is 5.32 Å². The van der Waals surface area contributed by atoms with Crippen LogP contribution >= 0.6 is 11.6 Å². The third kappa shape index (κ3) is 3.20. The Labute approximate surface area is 127 Å². The van der Waals surface area contributed by atoms with Gasteiger partial charge in [0, 0.05) is 42.0 Å². The molecule has 0 fully saturated rings. The number of methoxy groups -OCH3 is 1. The molecule has 5 nitrogen and oxygen atoms in total. The van der Waals surface area contributed by atoms with Crippen molar-refractivity contribution in [3.63, 3.8) is 0 Å². The summed E-state index contributed by atoms with van der Waals surface area (Å²) in [6, 6.07) is 5.88. The van der Waals surface area contributed by atoms with Crippen LogP contribution in [0, 0.1) is 0 Å². The molecule has 0 aliphatic rings. The molecular formula is C15H17ClN4O. The summed E-state index contributed by atoms with van der Waals surface area (Å²) in [4.78, 5) is 3.24. The van der Waals surface area contributed by atoms with Gasteiger partial charge in [0.2, 0.25) is 0 Å². The van der Waals surface area contributed by atoms with E-state index >= 15 is 0 Å². The minimum atomic E-state index is 0.657. The van der Waals surface area contributed by atoms with Gasteiger partial charge >= 0.3 is 0 Å². The van der Waals surface area contributed by atoms with Crippen molar-refractivity contribution in [2.24, 2.45) is 0 Å². The number of benzene rings is 1. The number of fused-ring (bicyclic) bond motifs is 1. The topological polar surface area (TPSA) is 54.9 Å². The van der Waals surface area contributed by atoms with E-state index in [1.807, 2.05) is 41.5 Å². The maximum atomic E-state index is 5.99. The average Bonchev–Trinajstić information content (AvgIpc) is 3.09. The number of aromatic amines is 1. The van der Waals surface area contributed by atoms with Crippen LogP contribution in [0.25, 0.3) is 10.9 Å². The van der Waals surface area contributed by atoms with Crippen LogP contribution in [0.5, 0.6) is 0 Å². The van der Waals surface area contributed by atoms with E-state index in [-0.39, 0.29) is 0 Å². The van der Waals surface area contributed by atoms with E-state index in [4.69, 9.17) is 16.3 Å². The molecule has 0 unspecified atom stereocenters. The van der Waals surface area contributed by atoms with Crippen LogP contribution in [0.3, 0.4) is 0 Å². The number of H-pyrrole nitrogens is 1. The Morgan fingerprint density at radius 1 is 1.43 bits per heavy atom. The second-order valence-electron chi connectivity index (χ2n) is 4.84. The second-order valence-corrected chi connectivity index (χ2v) is 5.28. The highest BCUT2D eigenvalue weighted by atomic mass is 35.5. The van der Waals surface area contributed by atoms with Gasteiger partial charge in [-0.3, -0.25) is 4.68 Å². The van der Waals surface area contributed by atoms with Crippen molar-refractivity contribution in [3.8, 4) is 0 Å². The molecule has 3 rings (SSSR count). The zero-order chi connectivity index (χ0) is 14.7. The van der Waals surface area contributed by atoms with Gasteiger partial charge in [0.25, 0.3) is 0 Å². The average molecular weight is 305 g/mol. The molecule has 21 heavy (non-hydrogen) atoms. The van der Waals surface area contributed by atoms with E-state index in [1.165, 1.54) is 10.9 Å². The molecule has 3 aromatic rings. The zero-order valence-corrected chi connectivity index (χ0v) is 12.5. The summed E-state index contributed by atoms with van der Waals surface area (Å²) in [5, 5.41) is 9.57. The Morgan fingerprint density at radius 3 is 3.19 bits per heavy atom. The predicted molar refractivity (Wildman–Crippen MR) is 84.7 cm³/mol. The number of anilines is 1. The highest BCUT2D eigenvalue weighted by Crippen LogP contribution is 2.22. The van der Waals surface area contributed by atoms with Crippen molar-refractivity contribution in [1.82, 2.24) is 14.8 Å². The highest BCUT2D eigenvalue weighted by molar-refractivity contribution is 6.31. The lowest BCUT2D eigenvalue weighted by atomic mass is 10.2. The number of ether oxygens (including phenoxy) is 1. The van der Waals surface area contributed by atoms with Crippen molar-refractivity contribution in [2.75, 3.05) is 19.0 Å². The monoisotopic (exact) mass is 304 g/mol. The van der Waals surface area contributed by atoms with Crippen molar-refractivity contribution in [1.29, 1.82) is 0 Å². The van der Waals surface area contributed by atoms with Crippen LogP contribution in [0.4, 0.5) is 5.69 Å². The Morgan fingerprint density at radius 2 is 2.33 bits per heavy atom. The molecule has 6 heteroatoms. The molecule has 0 atom stereocenters. The number of hydrogen-bond acceptors (Lipinski definition) is 3. The molecule has 0 aliphatic carbocycles. The van der Waals surface area contributed by atoms with Gasteiger partial charge in [0.1, 0.15) is 0 Å². The molecule has 0 saturated carbocycles. The van der Waals surface area contributed by atoms with Gasteiger partial charge in [-0.25, -0.2) is 0 Å². The Hall–Kier alpha value is -1.98. The summed E-state index contributed by atoms with van der Waals surface area (Å²) in [6.07, 6.45) is 5.80. The third-order valence-corrected chi connectivity index (χ3v) is 3.61. The first kappa shape index (κ1) is 14.0. The van der Waals surface area contributed by atoms with Crippen LogP contribution in [0.1, 0.15) is 5.56 Å². The van der Waals surface area contributed by atoms with Crippen molar-refractivity contribution in [2.45, 2.75) is 13.1 Å². The second kappa shape index (κ2) is 6.20.